The lowest BCUT2D eigenvalue weighted by Gasteiger charge is -2.14. The number of halogens is 4. The minimum Gasteiger partial charge on any atom is -0.496 e. The molecule has 0 spiro atoms. The Morgan fingerprint density at radius 2 is 1.96 bits per heavy atom. The molecule has 1 N–H and O–H groups in total. The molecule has 1 heterocycles. The maximum atomic E-state index is 13.3. The average Bonchev–Trinajstić information content (AvgIpc) is 3.07. The van der Waals surface area contributed by atoms with Crippen molar-refractivity contribution >= 4 is 34.2 Å². The van der Waals surface area contributed by atoms with E-state index >= 15 is 0 Å². The van der Waals surface area contributed by atoms with Crippen LogP contribution in [0.25, 0.3) is 5.69 Å². The number of ether oxygens (including phenoxy) is 1. The molecule has 0 atom stereocenters. The van der Waals surface area contributed by atoms with Crippen molar-refractivity contribution in [3.8, 4) is 11.4 Å². The summed E-state index contributed by atoms with van der Waals surface area (Å²) in [6.07, 6.45) is -1.53. The Balaban J connectivity index is 1.96. The van der Waals surface area contributed by atoms with E-state index in [2.05, 4.69) is 10.3 Å². The van der Waals surface area contributed by atoms with Crippen molar-refractivity contribution in [1.82, 2.24) is 9.55 Å². The number of aryl methyl sites for hydroxylation is 1. The number of nitrogens with zero attached hydrogens (tertiary/aromatic N) is 2. The van der Waals surface area contributed by atoms with Crippen LogP contribution in [0, 0.1) is 10.5 Å². The first kappa shape index (κ1) is 20.2. The number of alkyl halides is 3. The summed E-state index contributed by atoms with van der Waals surface area (Å²) in [6, 6.07) is 8.14. The molecule has 0 aliphatic carbocycles. The van der Waals surface area contributed by atoms with Gasteiger partial charge >= 0.3 is 6.18 Å². The molecule has 0 fully saturated rings. The molecule has 0 aliphatic rings. The van der Waals surface area contributed by atoms with Crippen LogP contribution >= 0.6 is 22.6 Å². The van der Waals surface area contributed by atoms with Gasteiger partial charge < -0.3 is 14.6 Å². The lowest BCUT2D eigenvalue weighted by molar-refractivity contribution is -0.137. The van der Waals surface area contributed by atoms with Gasteiger partial charge in [0.25, 0.3) is 5.91 Å². The molecule has 28 heavy (non-hydrogen) atoms. The first-order valence-corrected chi connectivity index (χ1v) is 9.13. The molecule has 1 amide bonds. The smallest absolute Gasteiger partial charge is 0.416 e. The van der Waals surface area contributed by atoms with Gasteiger partial charge in [0.15, 0.2) is 0 Å². The monoisotopic (exact) mass is 501 g/mol. The van der Waals surface area contributed by atoms with Gasteiger partial charge in [0, 0.05) is 23.1 Å². The van der Waals surface area contributed by atoms with E-state index < -0.39 is 17.6 Å². The molecule has 5 nitrogen and oxygen atoms in total. The molecular formula is C19H15F3IN3O2. The second-order valence-electron chi connectivity index (χ2n) is 5.99. The van der Waals surface area contributed by atoms with Crippen molar-refractivity contribution in [2.75, 3.05) is 12.4 Å². The summed E-state index contributed by atoms with van der Waals surface area (Å²) in [5.74, 6) is 0.0848. The topological polar surface area (TPSA) is 56.1 Å². The molecule has 0 bridgehead atoms. The molecule has 2 aromatic carbocycles. The number of rotatable bonds is 4. The van der Waals surface area contributed by atoms with E-state index in [1.807, 2.05) is 22.6 Å². The molecule has 0 aliphatic heterocycles. The van der Waals surface area contributed by atoms with Gasteiger partial charge in [0.1, 0.15) is 5.75 Å². The Morgan fingerprint density at radius 3 is 2.54 bits per heavy atom. The van der Waals surface area contributed by atoms with Crippen LogP contribution in [-0.2, 0) is 6.18 Å². The van der Waals surface area contributed by atoms with Gasteiger partial charge in [-0.3, -0.25) is 4.79 Å². The Morgan fingerprint density at radius 1 is 1.21 bits per heavy atom. The third kappa shape index (κ3) is 4.46. The first-order valence-electron chi connectivity index (χ1n) is 8.05. The quantitative estimate of drug-likeness (QED) is 0.509. The Bertz CT molecular complexity index is 1030. The number of imidazole rings is 1. The highest BCUT2D eigenvalue weighted by Crippen LogP contribution is 2.33. The second kappa shape index (κ2) is 7.82. The number of nitrogens with one attached hydrogen (secondary N) is 1. The number of aromatic nitrogens is 2. The highest BCUT2D eigenvalue weighted by atomic mass is 127. The third-order valence-electron chi connectivity index (χ3n) is 3.93. The average molecular weight is 501 g/mol. The molecule has 0 radical (unpaired) electrons. The van der Waals surface area contributed by atoms with Crippen molar-refractivity contribution < 1.29 is 22.7 Å². The summed E-state index contributed by atoms with van der Waals surface area (Å²) >= 11 is 2.02. The summed E-state index contributed by atoms with van der Waals surface area (Å²) in [5, 5.41) is 2.54. The van der Waals surface area contributed by atoms with Crippen LogP contribution in [0.4, 0.5) is 18.9 Å². The highest BCUT2D eigenvalue weighted by molar-refractivity contribution is 14.1. The van der Waals surface area contributed by atoms with E-state index in [1.165, 1.54) is 24.1 Å². The fraction of sp³-hybridized carbons (Fsp3) is 0.158. The minimum absolute atomic E-state index is 0.0343. The third-order valence-corrected chi connectivity index (χ3v) is 4.77. The summed E-state index contributed by atoms with van der Waals surface area (Å²) < 4.78 is 47.3. The molecule has 9 heteroatoms. The van der Waals surface area contributed by atoms with E-state index in [0.29, 0.717) is 20.6 Å². The van der Waals surface area contributed by atoms with E-state index in [0.717, 1.165) is 12.1 Å². The van der Waals surface area contributed by atoms with Crippen LogP contribution in [0.3, 0.4) is 0 Å². The van der Waals surface area contributed by atoms with Gasteiger partial charge in [-0.25, -0.2) is 4.98 Å². The van der Waals surface area contributed by atoms with Crippen LogP contribution in [0.5, 0.6) is 5.75 Å². The van der Waals surface area contributed by atoms with E-state index in [9.17, 15) is 18.0 Å². The number of methoxy groups -OCH3 is 1. The van der Waals surface area contributed by atoms with Gasteiger partial charge in [-0.2, -0.15) is 13.2 Å². The molecule has 146 valence electrons. The predicted molar refractivity (Wildman–Crippen MR) is 107 cm³/mol. The summed E-state index contributed by atoms with van der Waals surface area (Å²) in [7, 11) is 1.51. The molecule has 1 aromatic heterocycles. The normalized spacial score (nSPS) is 11.4. The maximum Gasteiger partial charge on any atom is 0.416 e. The largest absolute Gasteiger partial charge is 0.496 e. The zero-order chi connectivity index (χ0) is 20.5. The zero-order valence-corrected chi connectivity index (χ0v) is 17.0. The second-order valence-corrected chi connectivity index (χ2v) is 7.15. The lowest BCUT2D eigenvalue weighted by atomic mass is 10.1. The molecule has 0 saturated heterocycles. The van der Waals surface area contributed by atoms with Crippen molar-refractivity contribution in [2.24, 2.45) is 0 Å². The zero-order valence-electron chi connectivity index (χ0n) is 14.8. The van der Waals surface area contributed by atoms with Crippen molar-refractivity contribution in [3.63, 3.8) is 0 Å². The minimum atomic E-state index is -4.55. The SMILES string of the molecule is COc1ccc(C(=O)Nc2cc(-n3cnc(C)c3)cc(C(F)(F)F)c2)cc1I. The van der Waals surface area contributed by atoms with E-state index in [-0.39, 0.29) is 11.4 Å². The summed E-state index contributed by atoms with van der Waals surface area (Å²) in [6.45, 7) is 1.73. The number of anilines is 1. The van der Waals surface area contributed by atoms with Gasteiger partial charge in [-0.15, -0.1) is 0 Å². The Hall–Kier alpha value is -2.56. The van der Waals surface area contributed by atoms with Gasteiger partial charge in [-0.1, -0.05) is 0 Å². The summed E-state index contributed by atoms with van der Waals surface area (Å²) in [4.78, 5) is 16.6. The molecule has 0 saturated carbocycles. The standard InChI is InChI=1S/C19H15F3IN3O2/c1-11-9-26(10-24-11)15-7-13(19(20,21)22)6-14(8-15)25-18(27)12-3-4-17(28-2)16(23)5-12/h3-10H,1-2H3,(H,25,27). The molecular weight excluding hydrogens is 486 g/mol. The van der Waals surface area contributed by atoms with Crippen LogP contribution in [0.15, 0.2) is 48.9 Å². The number of carbonyl (C=O) groups is 1. The lowest BCUT2D eigenvalue weighted by Crippen LogP contribution is -2.14. The van der Waals surface area contributed by atoms with Crippen LogP contribution in [0.2, 0.25) is 0 Å². The van der Waals surface area contributed by atoms with E-state index in [1.54, 1.807) is 31.3 Å². The highest BCUT2D eigenvalue weighted by Gasteiger charge is 2.31. The number of amides is 1. The van der Waals surface area contributed by atoms with Crippen molar-refractivity contribution in [2.45, 2.75) is 13.1 Å². The van der Waals surface area contributed by atoms with Gasteiger partial charge in [0.2, 0.25) is 0 Å². The first-order chi connectivity index (χ1) is 13.2. The fourth-order valence-electron chi connectivity index (χ4n) is 2.57. The van der Waals surface area contributed by atoms with Gasteiger partial charge in [0.05, 0.1) is 28.3 Å². The van der Waals surface area contributed by atoms with Crippen molar-refractivity contribution in [1.29, 1.82) is 0 Å². The van der Waals surface area contributed by atoms with E-state index in [4.69, 9.17) is 4.74 Å². The molecule has 3 aromatic rings. The Labute approximate surface area is 172 Å². The van der Waals surface area contributed by atoms with Crippen molar-refractivity contribution in [3.05, 3.63) is 69.3 Å². The number of carbonyl (C=O) groups excluding carboxylic acids is 1. The molecule has 3 rings (SSSR count). The maximum absolute atomic E-state index is 13.3. The summed E-state index contributed by atoms with van der Waals surface area (Å²) in [5.41, 5.74) is 0.386. The number of benzene rings is 2. The molecule has 0 unspecified atom stereocenters. The van der Waals surface area contributed by atoms with Crippen LogP contribution in [-0.4, -0.2) is 22.6 Å². The predicted octanol–water partition coefficient (Wildman–Crippen LogP) is 5.07. The van der Waals surface area contributed by atoms with Crippen LogP contribution in [0.1, 0.15) is 21.6 Å². The fourth-order valence-corrected chi connectivity index (χ4v) is 3.30. The number of hydrogen-bond acceptors (Lipinski definition) is 3. The van der Waals surface area contributed by atoms with Crippen LogP contribution < -0.4 is 10.1 Å². The Kier molecular flexibility index (Phi) is 5.64. The van der Waals surface area contributed by atoms with Gasteiger partial charge in [-0.05, 0) is 65.9 Å². The number of hydrogen-bond donors (Lipinski definition) is 1.